The number of nitrogens with zero attached hydrogens (tertiary/aromatic N) is 7. The number of H-pyrrole nitrogens is 1. The van der Waals surface area contributed by atoms with Gasteiger partial charge in [-0.25, -0.2) is 19.9 Å². The van der Waals surface area contributed by atoms with Gasteiger partial charge in [-0.2, -0.15) is 5.10 Å². The summed E-state index contributed by atoms with van der Waals surface area (Å²) in [6.07, 6.45) is 5.31. The van der Waals surface area contributed by atoms with Crippen LogP contribution in [-0.4, -0.2) is 67.2 Å². The quantitative estimate of drug-likeness (QED) is 0.328. The summed E-state index contributed by atoms with van der Waals surface area (Å²) in [5, 5.41) is 6.91. The number of pyridine rings is 1. The molecule has 6 rings (SSSR count). The van der Waals surface area contributed by atoms with E-state index in [2.05, 4.69) is 25.1 Å². The monoisotopic (exact) mass is 507 g/mol. The number of carbonyl (C=O) groups excluding carboxylic acids is 1. The van der Waals surface area contributed by atoms with Crippen LogP contribution in [0.4, 0.5) is 11.8 Å². The van der Waals surface area contributed by atoms with E-state index in [0.717, 1.165) is 28.2 Å². The van der Waals surface area contributed by atoms with Gasteiger partial charge in [0.25, 0.3) is 0 Å². The Labute approximate surface area is 218 Å². The number of hydrogen-bond acceptors (Lipinski definition) is 10. The fraction of sp³-hybridized carbons (Fsp3) is 0.222. The van der Waals surface area contributed by atoms with Gasteiger partial charge in [-0.3, -0.25) is 14.9 Å². The van der Waals surface area contributed by atoms with Crippen LogP contribution in [0.5, 0.6) is 0 Å². The number of aromatic amines is 1. The average Bonchev–Trinajstić information content (AvgIpc) is 3.39. The topological polar surface area (TPSA) is 149 Å². The van der Waals surface area contributed by atoms with E-state index >= 15 is 0 Å². The molecule has 0 saturated carbocycles. The smallest absolute Gasteiger partial charge is 0.219 e. The lowest BCUT2D eigenvalue weighted by molar-refractivity contribution is 0.0988. The van der Waals surface area contributed by atoms with Crippen LogP contribution in [-0.2, 0) is 11.2 Å². The molecule has 1 fully saturated rings. The van der Waals surface area contributed by atoms with Crippen LogP contribution >= 0.6 is 0 Å². The van der Waals surface area contributed by atoms with Gasteiger partial charge in [0.05, 0.1) is 24.3 Å². The molecule has 1 aliphatic rings. The maximum Gasteiger partial charge on any atom is 0.219 e. The molecule has 11 nitrogen and oxygen atoms in total. The number of carbonyl (C=O) groups is 1. The average molecular weight is 508 g/mol. The molecule has 1 aliphatic heterocycles. The molecule has 5 heterocycles. The van der Waals surface area contributed by atoms with Crippen molar-refractivity contribution >= 4 is 28.6 Å². The minimum absolute atomic E-state index is 0.0404. The normalized spacial score (nSPS) is 13.7. The van der Waals surface area contributed by atoms with Crippen molar-refractivity contribution in [3.63, 3.8) is 0 Å². The number of benzene rings is 1. The van der Waals surface area contributed by atoms with Crippen molar-refractivity contribution in [2.24, 2.45) is 0 Å². The SMILES string of the molecule is Cc1cc(C(=O)Cc2cccc(-c3cnc4c(N5CCOCC5)nc(-c5cnc(N)nc5)nc4c3)c2)n[nH]1. The Morgan fingerprint density at radius 3 is 2.55 bits per heavy atom. The second-order valence-electron chi connectivity index (χ2n) is 9.13. The van der Waals surface area contributed by atoms with E-state index in [1.54, 1.807) is 18.5 Å². The fourth-order valence-corrected chi connectivity index (χ4v) is 4.44. The molecule has 1 aromatic carbocycles. The molecule has 3 N–H and O–H groups in total. The standard InChI is InChI=1S/C27H25N9O2/c1-16-9-21(35-34-16)23(37)11-17-3-2-4-18(10-17)19-12-22-24(29-13-19)26(36-5-7-38-8-6-36)33-25(32-22)20-14-30-27(28)31-15-20/h2-4,9-10,12-15H,5-8,11H2,1H3,(H,34,35)(H2,28,30,31). The van der Waals surface area contributed by atoms with Crippen molar-refractivity contribution in [3.8, 4) is 22.5 Å². The van der Waals surface area contributed by atoms with E-state index in [0.29, 0.717) is 54.4 Å². The summed E-state index contributed by atoms with van der Waals surface area (Å²) in [4.78, 5) is 37.5. The number of hydrogen-bond donors (Lipinski definition) is 2. The van der Waals surface area contributed by atoms with E-state index in [1.165, 1.54) is 0 Å². The molecule has 0 atom stereocenters. The molecule has 0 radical (unpaired) electrons. The molecule has 0 aliphatic carbocycles. The van der Waals surface area contributed by atoms with E-state index in [4.69, 9.17) is 25.4 Å². The summed E-state index contributed by atoms with van der Waals surface area (Å²) in [7, 11) is 0. The van der Waals surface area contributed by atoms with E-state index in [1.807, 2.05) is 43.5 Å². The highest BCUT2D eigenvalue weighted by molar-refractivity contribution is 5.96. The van der Waals surface area contributed by atoms with Crippen LogP contribution in [0.25, 0.3) is 33.5 Å². The molecule has 11 heteroatoms. The molecule has 4 aromatic heterocycles. The number of Topliss-reactive ketones (excluding diaryl/α,β-unsaturated/α-hetero) is 1. The van der Waals surface area contributed by atoms with Gasteiger partial charge in [0.2, 0.25) is 5.95 Å². The number of morpholine rings is 1. The van der Waals surface area contributed by atoms with Crippen molar-refractivity contribution in [1.82, 2.24) is 35.1 Å². The first-order valence-electron chi connectivity index (χ1n) is 12.3. The zero-order valence-corrected chi connectivity index (χ0v) is 20.8. The second-order valence-corrected chi connectivity index (χ2v) is 9.13. The Hall–Kier alpha value is -4.77. The number of anilines is 2. The van der Waals surface area contributed by atoms with Gasteiger partial charge in [-0.05, 0) is 30.2 Å². The summed E-state index contributed by atoms with van der Waals surface area (Å²) in [5.41, 5.74) is 11.7. The number of nitrogens with two attached hydrogens (primary N) is 1. The number of aryl methyl sites for hydroxylation is 1. The van der Waals surface area contributed by atoms with E-state index < -0.39 is 0 Å². The van der Waals surface area contributed by atoms with E-state index in [-0.39, 0.29) is 18.2 Å². The minimum atomic E-state index is -0.0404. The summed E-state index contributed by atoms with van der Waals surface area (Å²) in [6, 6.07) is 11.6. The fourth-order valence-electron chi connectivity index (χ4n) is 4.44. The van der Waals surface area contributed by atoms with Crippen LogP contribution in [0, 0.1) is 6.92 Å². The highest BCUT2D eigenvalue weighted by Crippen LogP contribution is 2.30. The third-order valence-corrected chi connectivity index (χ3v) is 6.37. The Morgan fingerprint density at radius 2 is 1.79 bits per heavy atom. The van der Waals surface area contributed by atoms with Crippen molar-refractivity contribution in [3.05, 3.63) is 71.9 Å². The molecule has 0 amide bonds. The van der Waals surface area contributed by atoms with Crippen LogP contribution in [0.3, 0.4) is 0 Å². The molecular formula is C27H25N9O2. The third-order valence-electron chi connectivity index (χ3n) is 6.37. The highest BCUT2D eigenvalue weighted by atomic mass is 16.5. The second kappa shape index (κ2) is 9.94. The van der Waals surface area contributed by atoms with Gasteiger partial charge >= 0.3 is 0 Å². The Morgan fingerprint density at radius 1 is 1.00 bits per heavy atom. The summed E-state index contributed by atoms with van der Waals surface area (Å²) in [5.74, 6) is 1.38. The first-order valence-corrected chi connectivity index (χ1v) is 12.3. The van der Waals surface area contributed by atoms with Gasteiger partial charge in [0.15, 0.2) is 17.4 Å². The lowest BCUT2D eigenvalue weighted by Crippen LogP contribution is -2.37. The Kier molecular flexibility index (Phi) is 6.18. The zero-order valence-electron chi connectivity index (χ0n) is 20.8. The number of fused-ring (bicyclic) bond motifs is 1. The van der Waals surface area contributed by atoms with Gasteiger partial charge < -0.3 is 15.4 Å². The van der Waals surface area contributed by atoms with Crippen molar-refractivity contribution in [2.45, 2.75) is 13.3 Å². The van der Waals surface area contributed by atoms with Crippen molar-refractivity contribution in [2.75, 3.05) is 36.9 Å². The zero-order chi connectivity index (χ0) is 26.1. The lowest BCUT2D eigenvalue weighted by atomic mass is 10.0. The maximum absolute atomic E-state index is 12.7. The highest BCUT2D eigenvalue weighted by Gasteiger charge is 2.20. The first kappa shape index (κ1) is 23.6. The third kappa shape index (κ3) is 4.78. The van der Waals surface area contributed by atoms with Crippen molar-refractivity contribution < 1.29 is 9.53 Å². The predicted molar refractivity (Wildman–Crippen MR) is 143 cm³/mol. The van der Waals surface area contributed by atoms with Gasteiger partial charge in [0.1, 0.15) is 11.2 Å². The van der Waals surface area contributed by atoms with Crippen LogP contribution in [0.2, 0.25) is 0 Å². The largest absolute Gasteiger partial charge is 0.378 e. The summed E-state index contributed by atoms with van der Waals surface area (Å²) >= 11 is 0. The number of nitrogens with one attached hydrogen (secondary N) is 1. The van der Waals surface area contributed by atoms with Gasteiger partial charge in [-0.15, -0.1) is 0 Å². The lowest BCUT2D eigenvalue weighted by Gasteiger charge is -2.28. The molecular weight excluding hydrogens is 482 g/mol. The van der Waals surface area contributed by atoms with Crippen LogP contribution in [0.1, 0.15) is 21.7 Å². The van der Waals surface area contributed by atoms with E-state index in [9.17, 15) is 4.79 Å². The number of ketones is 1. The first-order chi connectivity index (χ1) is 18.5. The number of ether oxygens (including phenoxy) is 1. The number of rotatable bonds is 6. The van der Waals surface area contributed by atoms with Crippen molar-refractivity contribution in [1.29, 1.82) is 0 Å². The van der Waals surface area contributed by atoms with Crippen LogP contribution in [0.15, 0.2) is 55.0 Å². The molecule has 5 aromatic rings. The molecule has 0 unspecified atom stereocenters. The summed E-state index contributed by atoms with van der Waals surface area (Å²) in [6.45, 7) is 4.52. The molecule has 38 heavy (non-hydrogen) atoms. The predicted octanol–water partition coefficient (Wildman–Crippen LogP) is 3.02. The molecule has 0 spiro atoms. The van der Waals surface area contributed by atoms with Gasteiger partial charge in [0, 0.05) is 49.4 Å². The Bertz CT molecular complexity index is 1630. The summed E-state index contributed by atoms with van der Waals surface area (Å²) < 4.78 is 5.54. The number of nitrogen functional groups attached to an aromatic ring is 1. The maximum atomic E-state index is 12.7. The van der Waals surface area contributed by atoms with Crippen LogP contribution < -0.4 is 10.6 Å². The van der Waals surface area contributed by atoms with Gasteiger partial charge in [-0.1, -0.05) is 24.3 Å². The Balaban J connectivity index is 1.39. The molecule has 0 bridgehead atoms. The minimum Gasteiger partial charge on any atom is -0.378 e. The molecule has 1 saturated heterocycles. The molecule has 190 valence electrons. The number of aromatic nitrogens is 7.